The highest BCUT2D eigenvalue weighted by molar-refractivity contribution is 5.91. The van der Waals surface area contributed by atoms with Crippen molar-refractivity contribution in [1.29, 1.82) is 0 Å². The summed E-state index contributed by atoms with van der Waals surface area (Å²) in [6, 6.07) is 14.8. The van der Waals surface area contributed by atoms with E-state index in [9.17, 15) is 8.78 Å². The summed E-state index contributed by atoms with van der Waals surface area (Å²) in [5.41, 5.74) is 3.90. The van der Waals surface area contributed by atoms with Crippen molar-refractivity contribution in [2.24, 2.45) is 0 Å². The van der Waals surface area contributed by atoms with Gasteiger partial charge in [0.25, 0.3) is 0 Å². The molecule has 0 unspecified atom stereocenters. The van der Waals surface area contributed by atoms with Gasteiger partial charge in [0.05, 0.1) is 16.9 Å². The molecule has 6 heteroatoms. The number of nitrogens with zero attached hydrogens (tertiary/aromatic N) is 2. The summed E-state index contributed by atoms with van der Waals surface area (Å²) >= 11 is 0. The molecule has 0 aliphatic rings. The van der Waals surface area contributed by atoms with Crippen LogP contribution < -0.4 is 5.32 Å². The van der Waals surface area contributed by atoms with E-state index in [2.05, 4.69) is 20.5 Å². The van der Waals surface area contributed by atoms with Crippen LogP contribution in [0.2, 0.25) is 0 Å². The Bertz CT molecular complexity index is 1120. The van der Waals surface area contributed by atoms with Crippen LogP contribution in [0, 0.1) is 11.6 Å². The van der Waals surface area contributed by atoms with Crippen LogP contribution in [0.5, 0.6) is 0 Å². The maximum absolute atomic E-state index is 13.5. The number of hydrogen-bond donors (Lipinski definition) is 2. The molecule has 4 rings (SSSR count). The van der Waals surface area contributed by atoms with Crippen molar-refractivity contribution >= 4 is 28.7 Å². The van der Waals surface area contributed by atoms with E-state index in [1.807, 2.05) is 55.5 Å². The van der Waals surface area contributed by atoms with Crippen LogP contribution in [0.25, 0.3) is 23.1 Å². The van der Waals surface area contributed by atoms with Gasteiger partial charge in [-0.1, -0.05) is 6.07 Å². The lowest BCUT2D eigenvalue weighted by Gasteiger charge is -2.16. The van der Waals surface area contributed by atoms with Crippen LogP contribution in [0.4, 0.5) is 14.5 Å². The van der Waals surface area contributed by atoms with E-state index in [-0.39, 0.29) is 6.04 Å². The highest BCUT2D eigenvalue weighted by atomic mass is 19.1. The average Bonchev–Trinajstić information content (AvgIpc) is 3.09. The van der Waals surface area contributed by atoms with E-state index in [0.717, 1.165) is 34.0 Å². The first kappa shape index (κ1) is 17.9. The first-order valence-corrected chi connectivity index (χ1v) is 8.88. The Kier molecular flexibility index (Phi) is 4.85. The molecule has 0 saturated carbocycles. The number of pyridine rings is 1. The van der Waals surface area contributed by atoms with E-state index in [1.165, 1.54) is 12.1 Å². The SMILES string of the molecule is C[C@@H](Nc1ccc2[nH]nc(/C=C/c3ccccn3)c2c1)c1cc(F)cc(F)c1. The molecule has 2 aromatic heterocycles. The minimum absolute atomic E-state index is 0.262. The molecule has 0 fully saturated rings. The van der Waals surface area contributed by atoms with Gasteiger partial charge in [0.15, 0.2) is 0 Å². The van der Waals surface area contributed by atoms with Gasteiger partial charge < -0.3 is 5.32 Å². The van der Waals surface area contributed by atoms with Gasteiger partial charge in [0.2, 0.25) is 0 Å². The monoisotopic (exact) mass is 376 g/mol. The number of halogens is 2. The second kappa shape index (κ2) is 7.60. The molecule has 0 saturated heterocycles. The van der Waals surface area contributed by atoms with Crippen LogP contribution in [-0.2, 0) is 0 Å². The van der Waals surface area contributed by atoms with Gasteiger partial charge in [-0.3, -0.25) is 10.1 Å². The van der Waals surface area contributed by atoms with Crippen molar-refractivity contribution in [1.82, 2.24) is 15.2 Å². The number of aromatic nitrogens is 3. The van der Waals surface area contributed by atoms with Gasteiger partial charge >= 0.3 is 0 Å². The number of nitrogens with one attached hydrogen (secondary N) is 2. The molecule has 0 radical (unpaired) electrons. The summed E-state index contributed by atoms with van der Waals surface area (Å²) in [5.74, 6) is -1.17. The van der Waals surface area contributed by atoms with Gasteiger partial charge in [-0.2, -0.15) is 5.10 Å². The minimum atomic E-state index is -0.587. The summed E-state index contributed by atoms with van der Waals surface area (Å²) in [5, 5.41) is 11.6. The highest BCUT2D eigenvalue weighted by Gasteiger charge is 2.10. The molecule has 0 spiro atoms. The summed E-state index contributed by atoms with van der Waals surface area (Å²) in [6.45, 7) is 1.86. The molecule has 1 atom stereocenters. The Labute approximate surface area is 160 Å². The third-order valence-electron chi connectivity index (χ3n) is 4.46. The van der Waals surface area contributed by atoms with Crippen molar-refractivity contribution < 1.29 is 8.78 Å². The normalized spacial score (nSPS) is 12.5. The average molecular weight is 376 g/mol. The van der Waals surface area contributed by atoms with E-state index in [0.29, 0.717) is 5.56 Å². The number of hydrogen-bond acceptors (Lipinski definition) is 3. The molecule has 0 aliphatic carbocycles. The Morgan fingerprint density at radius 3 is 2.57 bits per heavy atom. The second-order valence-electron chi connectivity index (χ2n) is 6.53. The Balaban J connectivity index is 1.59. The first-order valence-electron chi connectivity index (χ1n) is 8.88. The van der Waals surface area contributed by atoms with Crippen LogP contribution >= 0.6 is 0 Å². The molecular formula is C22H18F2N4. The highest BCUT2D eigenvalue weighted by Crippen LogP contribution is 2.26. The maximum Gasteiger partial charge on any atom is 0.126 e. The predicted molar refractivity (Wildman–Crippen MR) is 108 cm³/mol. The summed E-state index contributed by atoms with van der Waals surface area (Å²) in [4.78, 5) is 4.26. The van der Waals surface area contributed by atoms with Crippen LogP contribution in [0.15, 0.2) is 60.8 Å². The standard InChI is InChI=1S/C22H18F2N4/c1-14(15-10-16(23)12-17(24)11-15)26-19-6-8-22-20(13-19)21(27-28-22)7-5-18-4-2-3-9-25-18/h2-14,26H,1H3,(H,27,28)/b7-5+/t14-/m1/s1. The van der Waals surface area contributed by atoms with Gasteiger partial charge in [0.1, 0.15) is 11.6 Å². The zero-order valence-corrected chi connectivity index (χ0v) is 15.2. The number of benzene rings is 2. The molecule has 28 heavy (non-hydrogen) atoms. The number of fused-ring (bicyclic) bond motifs is 1. The molecule has 0 amide bonds. The lowest BCUT2D eigenvalue weighted by atomic mass is 10.1. The van der Waals surface area contributed by atoms with E-state index >= 15 is 0 Å². The number of aromatic amines is 1. The zero-order chi connectivity index (χ0) is 19.5. The van der Waals surface area contributed by atoms with E-state index in [1.54, 1.807) is 6.20 Å². The Hall–Kier alpha value is -3.54. The largest absolute Gasteiger partial charge is 0.378 e. The van der Waals surface area contributed by atoms with E-state index < -0.39 is 11.6 Å². The lowest BCUT2D eigenvalue weighted by molar-refractivity contribution is 0.577. The molecule has 140 valence electrons. The molecule has 4 nitrogen and oxygen atoms in total. The number of rotatable bonds is 5. The fourth-order valence-corrected chi connectivity index (χ4v) is 3.05. The summed E-state index contributed by atoms with van der Waals surface area (Å²) in [6.07, 6.45) is 5.53. The Morgan fingerprint density at radius 2 is 1.82 bits per heavy atom. The van der Waals surface area contributed by atoms with Crippen molar-refractivity contribution in [2.45, 2.75) is 13.0 Å². The van der Waals surface area contributed by atoms with Crippen molar-refractivity contribution in [2.75, 3.05) is 5.32 Å². The third-order valence-corrected chi connectivity index (χ3v) is 4.46. The summed E-state index contributed by atoms with van der Waals surface area (Å²) in [7, 11) is 0. The quantitative estimate of drug-likeness (QED) is 0.478. The predicted octanol–water partition coefficient (Wildman–Crippen LogP) is 5.58. The smallest absolute Gasteiger partial charge is 0.126 e. The molecule has 2 heterocycles. The lowest BCUT2D eigenvalue weighted by Crippen LogP contribution is -2.07. The van der Waals surface area contributed by atoms with E-state index in [4.69, 9.17) is 0 Å². The van der Waals surface area contributed by atoms with Crippen molar-refractivity contribution in [3.63, 3.8) is 0 Å². The minimum Gasteiger partial charge on any atom is -0.378 e. The Morgan fingerprint density at radius 1 is 1.00 bits per heavy atom. The van der Waals surface area contributed by atoms with Crippen LogP contribution in [0.1, 0.15) is 29.9 Å². The van der Waals surface area contributed by atoms with Crippen LogP contribution in [0.3, 0.4) is 0 Å². The molecule has 0 aliphatic heterocycles. The molecular weight excluding hydrogens is 358 g/mol. The fourth-order valence-electron chi connectivity index (χ4n) is 3.05. The number of anilines is 1. The maximum atomic E-state index is 13.5. The van der Waals surface area contributed by atoms with Crippen molar-refractivity contribution in [3.8, 4) is 0 Å². The number of H-pyrrole nitrogens is 1. The molecule has 0 bridgehead atoms. The van der Waals surface area contributed by atoms with Gasteiger partial charge in [-0.25, -0.2) is 8.78 Å². The summed E-state index contributed by atoms with van der Waals surface area (Å²) < 4.78 is 27.0. The topological polar surface area (TPSA) is 53.6 Å². The fraction of sp³-hybridized carbons (Fsp3) is 0.0909. The first-order chi connectivity index (χ1) is 13.6. The molecule has 4 aromatic rings. The molecule has 2 aromatic carbocycles. The molecule has 2 N–H and O–H groups in total. The van der Waals surface area contributed by atoms with Crippen molar-refractivity contribution in [3.05, 3.63) is 89.4 Å². The third kappa shape index (κ3) is 3.91. The zero-order valence-electron chi connectivity index (χ0n) is 15.2. The van der Waals surface area contributed by atoms with Gasteiger partial charge in [-0.15, -0.1) is 0 Å². The van der Waals surface area contributed by atoms with Gasteiger partial charge in [0, 0.05) is 29.4 Å². The second-order valence-corrected chi connectivity index (χ2v) is 6.53. The van der Waals surface area contributed by atoms with Crippen LogP contribution in [-0.4, -0.2) is 15.2 Å². The van der Waals surface area contributed by atoms with Gasteiger partial charge in [-0.05, 0) is 67.1 Å².